The standard InChI is InChI=1S/C20H25N3O4S/c1-3-27-19-11-7-6-10-18(19)21-20(24)15-23-13-12-22(28(23,25)26)14-17-9-5-4-8-16(17)2/h4-11H,3,12-15H2,1-2H3,(H,21,24). The molecular weight excluding hydrogens is 378 g/mol. The van der Waals surface area contributed by atoms with Gasteiger partial charge in [0.1, 0.15) is 5.75 Å². The summed E-state index contributed by atoms with van der Waals surface area (Å²) in [5, 5.41) is 2.75. The first kappa shape index (κ1) is 20.3. The summed E-state index contributed by atoms with van der Waals surface area (Å²) in [6.45, 7) is 5.01. The normalized spacial score (nSPS) is 16.8. The van der Waals surface area contributed by atoms with E-state index >= 15 is 0 Å². The number of ether oxygens (including phenoxy) is 1. The summed E-state index contributed by atoms with van der Waals surface area (Å²) in [6, 6.07) is 14.8. The Labute approximate surface area is 166 Å². The molecule has 1 heterocycles. The van der Waals surface area contributed by atoms with Gasteiger partial charge in [0.15, 0.2) is 0 Å². The highest BCUT2D eigenvalue weighted by atomic mass is 32.2. The van der Waals surface area contributed by atoms with Crippen LogP contribution in [-0.2, 0) is 21.5 Å². The van der Waals surface area contributed by atoms with E-state index in [0.29, 0.717) is 31.1 Å². The quantitative estimate of drug-likeness (QED) is 0.770. The summed E-state index contributed by atoms with van der Waals surface area (Å²) in [7, 11) is -3.68. The molecule has 3 rings (SSSR count). The van der Waals surface area contributed by atoms with E-state index in [0.717, 1.165) is 11.1 Å². The number of anilines is 1. The van der Waals surface area contributed by atoms with Crippen molar-refractivity contribution in [1.82, 2.24) is 8.61 Å². The summed E-state index contributed by atoms with van der Waals surface area (Å²) in [6.07, 6.45) is 0. The lowest BCUT2D eigenvalue weighted by atomic mass is 10.1. The van der Waals surface area contributed by atoms with Gasteiger partial charge in [0.25, 0.3) is 10.2 Å². The topological polar surface area (TPSA) is 79.0 Å². The second kappa shape index (κ2) is 8.72. The number of aryl methyl sites for hydroxylation is 1. The second-order valence-corrected chi connectivity index (χ2v) is 8.51. The van der Waals surface area contributed by atoms with Gasteiger partial charge in [-0.2, -0.15) is 17.0 Å². The van der Waals surface area contributed by atoms with E-state index in [4.69, 9.17) is 4.74 Å². The fourth-order valence-electron chi connectivity index (χ4n) is 3.12. The summed E-state index contributed by atoms with van der Waals surface area (Å²) in [5.41, 5.74) is 2.53. The number of amides is 1. The Bertz CT molecular complexity index is 946. The summed E-state index contributed by atoms with van der Waals surface area (Å²) >= 11 is 0. The highest BCUT2D eigenvalue weighted by Crippen LogP contribution is 2.24. The smallest absolute Gasteiger partial charge is 0.282 e. The number of benzene rings is 2. The molecule has 1 amide bonds. The molecule has 0 bridgehead atoms. The zero-order valence-corrected chi connectivity index (χ0v) is 16.9. The first-order valence-corrected chi connectivity index (χ1v) is 10.6. The van der Waals surface area contributed by atoms with E-state index in [1.54, 1.807) is 18.2 Å². The lowest BCUT2D eigenvalue weighted by Crippen LogP contribution is -2.38. The summed E-state index contributed by atoms with van der Waals surface area (Å²) in [5.74, 6) is 0.164. The fourth-order valence-corrected chi connectivity index (χ4v) is 4.65. The molecule has 0 spiro atoms. The van der Waals surface area contributed by atoms with E-state index in [1.165, 1.54) is 8.61 Å². The molecule has 7 nitrogen and oxygen atoms in total. The van der Waals surface area contributed by atoms with Crippen LogP contribution in [0.1, 0.15) is 18.1 Å². The molecule has 1 N–H and O–H groups in total. The Hall–Kier alpha value is -2.42. The predicted octanol–water partition coefficient (Wildman–Crippen LogP) is 2.39. The van der Waals surface area contributed by atoms with E-state index in [9.17, 15) is 13.2 Å². The SMILES string of the molecule is CCOc1ccccc1NC(=O)CN1CCN(Cc2ccccc2C)S1(=O)=O. The zero-order chi connectivity index (χ0) is 20.1. The van der Waals surface area contributed by atoms with E-state index in [1.807, 2.05) is 44.2 Å². The Morgan fingerprint density at radius 2 is 1.75 bits per heavy atom. The molecule has 28 heavy (non-hydrogen) atoms. The van der Waals surface area contributed by atoms with Crippen LogP contribution in [0.25, 0.3) is 0 Å². The van der Waals surface area contributed by atoms with Crippen molar-refractivity contribution in [2.75, 3.05) is 31.6 Å². The lowest BCUT2D eigenvalue weighted by molar-refractivity contribution is -0.116. The molecule has 0 unspecified atom stereocenters. The van der Waals surface area contributed by atoms with Crippen LogP contribution in [0.3, 0.4) is 0 Å². The number of nitrogens with zero attached hydrogens (tertiary/aromatic N) is 2. The monoisotopic (exact) mass is 403 g/mol. The van der Waals surface area contributed by atoms with Crippen molar-refractivity contribution >= 4 is 21.8 Å². The van der Waals surface area contributed by atoms with Gasteiger partial charge in [-0.1, -0.05) is 36.4 Å². The summed E-state index contributed by atoms with van der Waals surface area (Å²) in [4.78, 5) is 12.4. The van der Waals surface area contributed by atoms with Gasteiger partial charge in [-0.3, -0.25) is 4.79 Å². The number of para-hydroxylation sites is 2. The number of rotatable bonds is 7. The van der Waals surface area contributed by atoms with Gasteiger partial charge < -0.3 is 10.1 Å². The number of hydrogen-bond donors (Lipinski definition) is 1. The predicted molar refractivity (Wildman–Crippen MR) is 108 cm³/mol. The van der Waals surface area contributed by atoms with Crippen LogP contribution in [0.4, 0.5) is 5.69 Å². The molecule has 1 saturated heterocycles. The van der Waals surface area contributed by atoms with Gasteiger partial charge in [0.05, 0.1) is 18.8 Å². The van der Waals surface area contributed by atoms with Crippen LogP contribution in [0.15, 0.2) is 48.5 Å². The molecule has 0 aromatic heterocycles. The van der Waals surface area contributed by atoms with Gasteiger partial charge in [-0.15, -0.1) is 0 Å². The Morgan fingerprint density at radius 1 is 1.07 bits per heavy atom. The fraction of sp³-hybridized carbons (Fsp3) is 0.350. The maximum Gasteiger partial charge on any atom is 0.282 e. The largest absolute Gasteiger partial charge is 0.492 e. The molecule has 1 aliphatic rings. The average molecular weight is 404 g/mol. The third kappa shape index (κ3) is 4.52. The van der Waals surface area contributed by atoms with Gasteiger partial charge in [-0.05, 0) is 37.1 Å². The van der Waals surface area contributed by atoms with Crippen molar-refractivity contribution in [2.45, 2.75) is 20.4 Å². The van der Waals surface area contributed by atoms with Gasteiger partial charge in [0, 0.05) is 19.6 Å². The molecule has 1 aliphatic heterocycles. The van der Waals surface area contributed by atoms with Crippen molar-refractivity contribution in [3.63, 3.8) is 0 Å². The zero-order valence-electron chi connectivity index (χ0n) is 16.1. The molecule has 0 atom stereocenters. The third-order valence-corrected chi connectivity index (χ3v) is 6.57. The lowest BCUT2D eigenvalue weighted by Gasteiger charge is -2.19. The van der Waals surface area contributed by atoms with Crippen LogP contribution < -0.4 is 10.1 Å². The molecule has 0 aliphatic carbocycles. The van der Waals surface area contributed by atoms with E-state index in [-0.39, 0.29) is 13.1 Å². The first-order chi connectivity index (χ1) is 13.4. The third-order valence-electron chi connectivity index (χ3n) is 4.64. The Morgan fingerprint density at radius 3 is 2.50 bits per heavy atom. The Kier molecular flexibility index (Phi) is 6.33. The van der Waals surface area contributed by atoms with Crippen molar-refractivity contribution in [3.8, 4) is 5.75 Å². The molecule has 2 aromatic carbocycles. The minimum Gasteiger partial charge on any atom is -0.492 e. The minimum absolute atomic E-state index is 0.229. The van der Waals surface area contributed by atoms with Crippen molar-refractivity contribution in [3.05, 3.63) is 59.7 Å². The molecule has 8 heteroatoms. The maximum atomic E-state index is 12.8. The van der Waals surface area contributed by atoms with Crippen LogP contribution in [0.2, 0.25) is 0 Å². The van der Waals surface area contributed by atoms with Gasteiger partial charge in [-0.25, -0.2) is 0 Å². The average Bonchev–Trinajstić information content (AvgIpc) is 2.93. The number of nitrogens with one attached hydrogen (secondary N) is 1. The molecule has 2 aromatic rings. The molecule has 1 fully saturated rings. The van der Waals surface area contributed by atoms with Crippen LogP contribution in [0, 0.1) is 6.92 Å². The van der Waals surface area contributed by atoms with Crippen molar-refractivity contribution in [1.29, 1.82) is 0 Å². The highest BCUT2D eigenvalue weighted by Gasteiger charge is 2.37. The maximum absolute atomic E-state index is 12.8. The summed E-state index contributed by atoms with van der Waals surface area (Å²) < 4.78 is 33.7. The van der Waals surface area contributed by atoms with E-state index < -0.39 is 16.1 Å². The van der Waals surface area contributed by atoms with Crippen LogP contribution in [0.5, 0.6) is 5.75 Å². The molecule has 150 valence electrons. The molecular formula is C20H25N3O4S. The minimum atomic E-state index is -3.68. The Balaban J connectivity index is 1.65. The first-order valence-electron chi connectivity index (χ1n) is 9.23. The molecule has 0 saturated carbocycles. The number of hydrogen-bond acceptors (Lipinski definition) is 4. The second-order valence-electron chi connectivity index (χ2n) is 6.58. The number of carbonyl (C=O) groups is 1. The van der Waals surface area contributed by atoms with Gasteiger partial charge in [0.2, 0.25) is 5.91 Å². The van der Waals surface area contributed by atoms with Crippen LogP contribution in [-0.4, -0.2) is 49.2 Å². The van der Waals surface area contributed by atoms with Crippen molar-refractivity contribution in [2.24, 2.45) is 0 Å². The van der Waals surface area contributed by atoms with E-state index in [2.05, 4.69) is 5.32 Å². The van der Waals surface area contributed by atoms with Crippen molar-refractivity contribution < 1.29 is 17.9 Å². The van der Waals surface area contributed by atoms with Gasteiger partial charge >= 0.3 is 0 Å². The van der Waals surface area contributed by atoms with Crippen LogP contribution >= 0.6 is 0 Å². The highest BCUT2D eigenvalue weighted by molar-refractivity contribution is 7.87. The molecule has 0 radical (unpaired) electrons. The number of carbonyl (C=O) groups excluding carboxylic acids is 1.